The molecule has 1 amide bonds. The largest absolute Gasteiger partial charge is 0.342 e. The van der Waals surface area contributed by atoms with Gasteiger partial charge in [0.25, 0.3) is 0 Å². The third-order valence-corrected chi connectivity index (χ3v) is 5.03. The first-order chi connectivity index (χ1) is 12.2. The SMILES string of the molecule is Cc1ccc(CC(=O)N2CCC(c3nnc4ccccn34)CC2)cc1. The molecule has 0 aliphatic carbocycles. The number of amides is 1. The van der Waals surface area contributed by atoms with Crippen LogP contribution in [0.15, 0.2) is 48.7 Å². The van der Waals surface area contributed by atoms with Crippen LogP contribution < -0.4 is 0 Å². The predicted octanol–water partition coefficient (Wildman–Crippen LogP) is 2.99. The van der Waals surface area contributed by atoms with Crippen LogP contribution >= 0.6 is 0 Å². The van der Waals surface area contributed by atoms with Crippen molar-refractivity contribution in [2.75, 3.05) is 13.1 Å². The van der Waals surface area contributed by atoms with Crippen LogP contribution in [-0.2, 0) is 11.2 Å². The molecule has 1 fully saturated rings. The molecule has 5 nitrogen and oxygen atoms in total. The van der Waals surface area contributed by atoms with Gasteiger partial charge in [-0.15, -0.1) is 10.2 Å². The van der Waals surface area contributed by atoms with Gasteiger partial charge in [0, 0.05) is 25.2 Å². The normalized spacial score (nSPS) is 15.6. The van der Waals surface area contributed by atoms with Gasteiger partial charge in [0.1, 0.15) is 5.82 Å². The quantitative estimate of drug-likeness (QED) is 0.740. The third-order valence-electron chi connectivity index (χ3n) is 5.03. The number of aryl methyl sites for hydroxylation is 1. The molecule has 25 heavy (non-hydrogen) atoms. The molecule has 128 valence electrons. The molecule has 0 radical (unpaired) electrons. The van der Waals surface area contributed by atoms with Crippen molar-refractivity contribution in [2.24, 2.45) is 0 Å². The van der Waals surface area contributed by atoms with Crippen LogP contribution in [0.2, 0.25) is 0 Å². The number of fused-ring (bicyclic) bond motifs is 1. The third kappa shape index (κ3) is 3.27. The van der Waals surface area contributed by atoms with E-state index < -0.39 is 0 Å². The molecule has 2 aromatic heterocycles. The highest BCUT2D eigenvalue weighted by Crippen LogP contribution is 2.27. The Morgan fingerprint density at radius 3 is 2.60 bits per heavy atom. The number of aromatic nitrogens is 3. The van der Waals surface area contributed by atoms with Gasteiger partial charge in [0.2, 0.25) is 5.91 Å². The number of hydrogen-bond acceptors (Lipinski definition) is 3. The zero-order valence-corrected chi connectivity index (χ0v) is 14.4. The lowest BCUT2D eigenvalue weighted by Crippen LogP contribution is -2.39. The lowest BCUT2D eigenvalue weighted by Gasteiger charge is -2.31. The molecular weight excluding hydrogens is 312 g/mol. The van der Waals surface area contributed by atoms with E-state index in [0.29, 0.717) is 12.3 Å². The summed E-state index contributed by atoms with van der Waals surface area (Å²) < 4.78 is 2.06. The predicted molar refractivity (Wildman–Crippen MR) is 96.4 cm³/mol. The second-order valence-electron chi connectivity index (χ2n) is 6.80. The molecule has 0 spiro atoms. The number of rotatable bonds is 3. The Labute approximate surface area is 147 Å². The average molecular weight is 334 g/mol. The van der Waals surface area contributed by atoms with E-state index in [1.54, 1.807) is 0 Å². The van der Waals surface area contributed by atoms with Crippen molar-refractivity contribution in [3.63, 3.8) is 0 Å². The van der Waals surface area contributed by atoms with E-state index in [9.17, 15) is 4.79 Å². The van der Waals surface area contributed by atoms with Crippen molar-refractivity contribution in [3.05, 3.63) is 65.6 Å². The summed E-state index contributed by atoms with van der Waals surface area (Å²) in [7, 11) is 0. The van der Waals surface area contributed by atoms with Crippen molar-refractivity contribution in [1.82, 2.24) is 19.5 Å². The van der Waals surface area contributed by atoms with E-state index in [0.717, 1.165) is 43.0 Å². The number of likely N-dealkylation sites (tertiary alicyclic amines) is 1. The minimum Gasteiger partial charge on any atom is -0.342 e. The summed E-state index contributed by atoms with van der Waals surface area (Å²) in [5, 5.41) is 8.62. The zero-order chi connectivity index (χ0) is 17.2. The van der Waals surface area contributed by atoms with Gasteiger partial charge in [-0.3, -0.25) is 9.20 Å². The topological polar surface area (TPSA) is 50.5 Å². The summed E-state index contributed by atoms with van der Waals surface area (Å²) in [6.07, 6.45) is 4.38. The lowest BCUT2D eigenvalue weighted by atomic mass is 9.95. The average Bonchev–Trinajstić information content (AvgIpc) is 3.08. The number of hydrogen-bond donors (Lipinski definition) is 0. The minimum absolute atomic E-state index is 0.216. The fraction of sp³-hybridized carbons (Fsp3) is 0.350. The first-order valence-corrected chi connectivity index (χ1v) is 8.84. The fourth-order valence-electron chi connectivity index (χ4n) is 3.52. The Morgan fingerprint density at radius 2 is 1.84 bits per heavy atom. The molecule has 0 unspecified atom stereocenters. The molecule has 0 atom stereocenters. The Balaban J connectivity index is 1.39. The Morgan fingerprint density at radius 1 is 1.08 bits per heavy atom. The fourth-order valence-corrected chi connectivity index (χ4v) is 3.52. The Kier molecular flexibility index (Phi) is 4.22. The lowest BCUT2D eigenvalue weighted by molar-refractivity contribution is -0.131. The monoisotopic (exact) mass is 334 g/mol. The molecule has 3 aromatic rings. The first kappa shape index (κ1) is 15.8. The molecule has 5 heteroatoms. The highest BCUT2D eigenvalue weighted by molar-refractivity contribution is 5.78. The second kappa shape index (κ2) is 6.67. The standard InChI is InChI=1S/C20H22N4O/c1-15-5-7-16(8-6-15)14-19(25)23-12-9-17(10-13-23)20-22-21-18-4-2-3-11-24(18)20/h2-8,11,17H,9-10,12-14H2,1H3. The van der Waals surface area contributed by atoms with Crippen molar-refractivity contribution in [3.8, 4) is 0 Å². The van der Waals surface area contributed by atoms with Crippen LogP contribution in [0.5, 0.6) is 0 Å². The summed E-state index contributed by atoms with van der Waals surface area (Å²) in [4.78, 5) is 14.5. The smallest absolute Gasteiger partial charge is 0.226 e. The molecule has 0 saturated carbocycles. The van der Waals surface area contributed by atoms with Gasteiger partial charge in [-0.1, -0.05) is 35.9 Å². The van der Waals surface area contributed by atoms with Gasteiger partial charge in [0.15, 0.2) is 5.65 Å². The Bertz CT molecular complexity index is 876. The van der Waals surface area contributed by atoms with Crippen molar-refractivity contribution in [1.29, 1.82) is 0 Å². The van der Waals surface area contributed by atoms with E-state index in [-0.39, 0.29) is 5.91 Å². The highest BCUT2D eigenvalue weighted by Gasteiger charge is 2.26. The van der Waals surface area contributed by atoms with Crippen LogP contribution in [0, 0.1) is 6.92 Å². The molecule has 1 aromatic carbocycles. The van der Waals surface area contributed by atoms with E-state index in [1.807, 2.05) is 41.4 Å². The molecular formula is C20H22N4O. The molecule has 0 N–H and O–H groups in total. The molecule has 4 rings (SSSR count). The number of pyridine rings is 1. The van der Waals surface area contributed by atoms with E-state index in [1.165, 1.54) is 5.56 Å². The van der Waals surface area contributed by atoms with Gasteiger partial charge in [-0.05, 0) is 37.5 Å². The summed E-state index contributed by atoms with van der Waals surface area (Å²) in [5.41, 5.74) is 3.19. The minimum atomic E-state index is 0.216. The number of carbonyl (C=O) groups excluding carboxylic acids is 1. The summed E-state index contributed by atoms with van der Waals surface area (Å²) >= 11 is 0. The van der Waals surface area contributed by atoms with Crippen LogP contribution in [0.4, 0.5) is 0 Å². The van der Waals surface area contributed by atoms with Crippen LogP contribution in [0.1, 0.15) is 35.7 Å². The first-order valence-electron chi connectivity index (χ1n) is 8.84. The summed E-state index contributed by atoms with van der Waals surface area (Å²) in [6.45, 7) is 3.64. The van der Waals surface area contributed by atoms with Crippen LogP contribution in [0.25, 0.3) is 5.65 Å². The van der Waals surface area contributed by atoms with Crippen molar-refractivity contribution in [2.45, 2.75) is 32.1 Å². The number of nitrogens with zero attached hydrogens (tertiary/aromatic N) is 4. The zero-order valence-electron chi connectivity index (χ0n) is 14.4. The maximum Gasteiger partial charge on any atom is 0.226 e. The van der Waals surface area contributed by atoms with Crippen LogP contribution in [0.3, 0.4) is 0 Å². The number of piperidine rings is 1. The number of carbonyl (C=O) groups is 1. The van der Waals surface area contributed by atoms with Gasteiger partial charge >= 0.3 is 0 Å². The highest BCUT2D eigenvalue weighted by atomic mass is 16.2. The van der Waals surface area contributed by atoms with Crippen LogP contribution in [-0.4, -0.2) is 38.5 Å². The summed E-state index contributed by atoms with van der Waals surface area (Å²) in [6, 6.07) is 14.2. The number of benzene rings is 1. The van der Waals surface area contributed by atoms with E-state index >= 15 is 0 Å². The molecule has 0 bridgehead atoms. The maximum absolute atomic E-state index is 12.6. The maximum atomic E-state index is 12.6. The summed E-state index contributed by atoms with van der Waals surface area (Å²) in [5.74, 6) is 1.59. The molecule has 3 heterocycles. The van der Waals surface area contributed by atoms with Crippen molar-refractivity contribution < 1.29 is 4.79 Å². The van der Waals surface area contributed by atoms with Gasteiger partial charge in [-0.25, -0.2) is 0 Å². The second-order valence-corrected chi connectivity index (χ2v) is 6.80. The molecule has 1 aliphatic heterocycles. The van der Waals surface area contributed by atoms with E-state index in [4.69, 9.17) is 0 Å². The van der Waals surface area contributed by atoms with Gasteiger partial charge in [-0.2, -0.15) is 0 Å². The van der Waals surface area contributed by atoms with Crippen molar-refractivity contribution >= 4 is 11.6 Å². The van der Waals surface area contributed by atoms with Gasteiger partial charge < -0.3 is 4.90 Å². The van der Waals surface area contributed by atoms with Gasteiger partial charge in [0.05, 0.1) is 6.42 Å². The molecule has 1 aliphatic rings. The molecule has 1 saturated heterocycles. The van der Waals surface area contributed by atoms with E-state index in [2.05, 4.69) is 33.7 Å². The Hall–Kier alpha value is -2.69.